The molecule has 0 saturated carbocycles. The fourth-order valence-electron chi connectivity index (χ4n) is 6.34. The van der Waals surface area contributed by atoms with Crippen LogP contribution in [0.4, 0.5) is 0 Å². The predicted molar refractivity (Wildman–Crippen MR) is 224 cm³/mol. The van der Waals surface area contributed by atoms with E-state index < -0.39 is 75.5 Å². The van der Waals surface area contributed by atoms with Crippen molar-refractivity contribution in [2.45, 2.75) is 33.1 Å². The van der Waals surface area contributed by atoms with E-state index >= 15 is 0 Å². The molecular formula is C44H38Cl4O13. The molecule has 0 aliphatic heterocycles. The summed E-state index contributed by atoms with van der Waals surface area (Å²) in [5, 5.41) is 6.12. The number of hydrogen-bond acceptors (Lipinski definition) is 12. The summed E-state index contributed by atoms with van der Waals surface area (Å²) in [4.78, 5) is 101. The van der Waals surface area contributed by atoms with E-state index in [-0.39, 0.29) is 82.5 Å². The molecule has 320 valence electrons. The molecule has 61 heavy (non-hydrogen) atoms. The van der Waals surface area contributed by atoms with Crippen LogP contribution in [-0.2, 0) is 25.4 Å². The fourth-order valence-corrected chi connectivity index (χ4v) is 7.05. The van der Waals surface area contributed by atoms with Gasteiger partial charge in [0, 0.05) is 22.1 Å². The smallest absolute Gasteiger partial charge is 0.338 e. The first kappa shape index (κ1) is 48.2. The Balaban J connectivity index is 1.71. The van der Waals surface area contributed by atoms with Crippen LogP contribution in [0.2, 0.25) is 0 Å². The molecule has 4 rings (SSSR count). The van der Waals surface area contributed by atoms with Crippen molar-refractivity contribution in [3.05, 3.63) is 141 Å². The Morgan fingerprint density at radius 2 is 0.803 bits per heavy atom. The first-order chi connectivity index (χ1) is 29.0. The van der Waals surface area contributed by atoms with Gasteiger partial charge in [0.05, 0.1) is 53.1 Å². The third-order valence-corrected chi connectivity index (χ3v) is 10.9. The largest absolute Gasteiger partial charge is 0.478 e. The molecular weight excluding hydrogens is 878 g/mol. The fraction of sp³-hybridized carbons (Fsp3) is 0.273. The van der Waals surface area contributed by atoms with Crippen LogP contribution in [0.5, 0.6) is 0 Å². The molecule has 0 radical (unpaired) electrons. The van der Waals surface area contributed by atoms with Crippen molar-refractivity contribution in [2.24, 2.45) is 10.8 Å². The number of rotatable bonds is 22. The summed E-state index contributed by atoms with van der Waals surface area (Å²) in [5.74, 6) is -4.17. The lowest BCUT2D eigenvalue weighted by Crippen LogP contribution is -2.41. The van der Waals surface area contributed by atoms with Gasteiger partial charge in [0.15, 0.2) is 0 Å². The van der Waals surface area contributed by atoms with Gasteiger partial charge in [-0.15, -0.1) is 0 Å². The van der Waals surface area contributed by atoms with Crippen molar-refractivity contribution in [1.82, 2.24) is 0 Å². The van der Waals surface area contributed by atoms with Gasteiger partial charge in [0.1, 0.15) is 13.2 Å². The molecule has 4 aromatic carbocycles. The third kappa shape index (κ3) is 12.3. The zero-order valence-electron chi connectivity index (χ0n) is 32.7. The van der Waals surface area contributed by atoms with E-state index in [0.29, 0.717) is 0 Å². The molecule has 0 amide bonds. The van der Waals surface area contributed by atoms with Crippen LogP contribution >= 0.6 is 46.4 Å². The van der Waals surface area contributed by atoms with Gasteiger partial charge in [-0.1, -0.05) is 62.4 Å². The first-order valence-corrected chi connectivity index (χ1v) is 20.0. The number of halogens is 4. The number of aromatic carboxylic acids is 1. The second kappa shape index (κ2) is 21.9. The number of esters is 3. The van der Waals surface area contributed by atoms with Crippen LogP contribution < -0.4 is 0 Å². The van der Waals surface area contributed by atoms with Gasteiger partial charge < -0.3 is 24.1 Å². The highest BCUT2D eigenvalue weighted by Crippen LogP contribution is 2.34. The molecule has 1 unspecified atom stereocenters. The highest BCUT2D eigenvalue weighted by molar-refractivity contribution is 6.69. The van der Waals surface area contributed by atoms with E-state index in [9.17, 15) is 43.5 Å². The molecule has 0 heterocycles. The Morgan fingerprint density at radius 1 is 0.459 bits per heavy atom. The van der Waals surface area contributed by atoms with Gasteiger partial charge in [-0.05, 0) is 114 Å². The highest BCUT2D eigenvalue weighted by atomic mass is 35.5. The number of carbonyl (C=O) groups is 8. The van der Waals surface area contributed by atoms with Gasteiger partial charge in [-0.3, -0.25) is 19.2 Å². The van der Waals surface area contributed by atoms with Crippen LogP contribution in [0.15, 0.2) is 91.0 Å². The van der Waals surface area contributed by atoms with Crippen LogP contribution in [0.25, 0.3) is 0 Å². The first-order valence-electron chi connectivity index (χ1n) is 18.5. The van der Waals surface area contributed by atoms with Gasteiger partial charge in [-0.2, -0.15) is 0 Å². The summed E-state index contributed by atoms with van der Waals surface area (Å²) in [6, 6.07) is 21.3. The number of hydrogen-bond donors (Lipinski definition) is 1. The number of carboxylic acids is 1. The Hall–Kier alpha value is -5.44. The quantitative estimate of drug-likeness (QED) is 0.0447. The minimum Gasteiger partial charge on any atom is -0.478 e. The van der Waals surface area contributed by atoms with Crippen molar-refractivity contribution < 1.29 is 62.4 Å². The highest BCUT2D eigenvalue weighted by Gasteiger charge is 2.38. The zero-order chi connectivity index (χ0) is 44.9. The van der Waals surface area contributed by atoms with Crippen LogP contribution in [0.1, 0.15) is 115 Å². The van der Waals surface area contributed by atoms with E-state index in [0.717, 1.165) is 0 Å². The molecule has 13 nitrogen and oxygen atoms in total. The van der Waals surface area contributed by atoms with Crippen molar-refractivity contribution in [3.8, 4) is 0 Å². The van der Waals surface area contributed by atoms with Crippen molar-refractivity contribution in [3.63, 3.8) is 0 Å². The molecule has 0 aliphatic rings. The molecule has 0 bridgehead atoms. The summed E-state index contributed by atoms with van der Waals surface area (Å²) >= 11 is 23.1. The molecule has 0 saturated heterocycles. The normalized spacial score (nSPS) is 12.1. The van der Waals surface area contributed by atoms with E-state index in [2.05, 4.69) is 0 Å². The summed E-state index contributed by atoms with van der Waals surface area (Å²) in [6.07, 6.45) is 0.194. The lowest BCUT2D eigenvalue weighted by atomic mass is 9.78. The van der Waals surface area contributed by atoms with Gasteiger partial charge in [0.25, 0.3) is 21.0 Å². The summed E-state index contributed by atoms with van der Waals surface area (Å²) in [5.41, 5.74) is -3.71. The van der Waals surface area contributed by atoms with Crippen LogP contribution in [0, 0.1) is 10.8 Å². The second-order valence-electron chi connectivity index (χ2n) is 14.0. The maximum absolute atomic E-state index is 13.5. The Morgan fingerprint density at radius 3 is 1.15 bits per heavy atom. The molecule has 0 aromatic heterocycles. The molecule has 0 fully saturated rings. The third-order valence-electron chi connectivity index (χ3n) is 10.1. The Labute approximate surface area is 370 Å². The molecule has 0 aliphatic carbocycles. The van der Waals surface area contributed by atoms with Crippen LogP contribution in [-0.4, -0.2) is 83.0 Å². The van der Waals surface area contributed by atoms with Gasteiger partial charge in [-0.25, -0.2) is 19.2 Å². The SMILES string of the molecule is CCC(COCC(CC)(COC(=O)c1ccccc1C(=O)Cl)Cc1cccc(C(=O)O)c1C(=O)Cl)(COC(=O)c1ccccc1C(=O)Cl)COC(=O)c1ccccc1C(=O)Cl. The molecule has 4 aromatic rings. The number of carbonyl (C=O) groups excluding carboxylic acids is 7. The minimum atomic E-state index is -1.41. The summed E-state index contributed by atoms with van der Waals surface area (Å²) in [6.45, 7) is 1.58. The van der Waals surface area contributed by atoms with Crippen molar-refractivity contribution >= 4 is 91.3 Å². The minimum absolute atomic E-state index is 0.107. The van der Waals surface area contributed by atoms with Crippen LogP contribution in [0.3, 0.4) is 0 Å². The monoisotopic (exact) mass is 914 g/mol. The number of benzene rings is 4. The lowest BCUT2D eigenvalue weighted by molar-refractivity contribution is -0.0753. The number of ether oxygens (including phenoxy) is 4. The van der Waals surface area contributed by atoms with Gasteiger partial charge in [0.2, 0.25) is 0 Å². The molecule has 17 heteroatoms. The topological polar surface area (TPSA) is 194 Å². The molecule has 1 atom stereocenters. The van der Waals surface area contributed by atoms with E-state index in [1.165, 1.54) is 91.0 Å². The average Bonchev–Trinajstić information content (AvgIpc) is 3.25. The van der Waals surface area contributed by atoms with Crippen molar-refractivity contribution in [1.29, 1.82) is 0 Å². The molecule has 1 N–H and O–H groups in total. The van der Waals surface area contributed by atoms with Crippen molar-refractivity contribution in [2.75, 3.05) is 33.0 Å². The summed E-state index contributed by atoms with van der Waals surface area (Å²) < 4.78 is 23.5. The average molecular weight is 917 g/mol. The van der Waals surface area contributed by atoms with E-state index in [1.807, 2.05) is 0 Å². The lowest BCUT2D eigenvalue weighted by Gasteiger charge is -2.36. The zero-order valence-corrected chi connectivity index (χ0v) is 35.7. The maximum atomic E-state index is 13.5. The summed E-state index contributed by atoms with van der Waals surface area (Å²) in [7, 11) is 0. The van der Waals surface area contributed by atoms with E-state index in [4.69, 9.17) is 65.4 Å². The standard InChI is InChI=1S/C44H38Cl4O13/c1-3-43(20-26-12-11-19-33(39(53)54)34(26)38(48)52,23-59-40(55)30-16-8-5-13-27(30)35(45)49)21-58-22-44(4-2,24-60-41(56)31-17-9-6-14-28(31)36(46)50)25-61-42(57)32-18-10-7-15-29(32)37(47)51/h5-19H,3-4,20-25H2,1-2H3,(H,53,54). The number of carboxylic acid groups (broad SMARTS) is 1. The second-order valence-corrected chi connectivity index (χ2v) is 15.4. The predicted octanol–water partition coefficient (Wildman–Crippen LogP) is 8.82. The van der Waals surface area contributed by atoms with Gasteiger partial charge >= 0.3 is 23.9 Å². The van der Waals surface area contributed by atoms with E-state index in [1.54, 1.807) is 13.8 Å². The Bertz CT molecular complexity index is 2270. The maximum Gasteiger partial charge on any atom is 0.338 e. The molecule has 0 spiro atoms. The Kier molecular flexibility index (Phi) is 17.3.